The second kappa shape index (κ2) is 15.4. The Morgan fingerprint density at radius 3 is 2.12 bits per heavy atom. The molecule has 0 saturated heterocycles. The van der Waals surface area contributed by atoms with E-state index in [1.165, 1.54) is 18.0 Å². The maximum atomic E-state index is 12.7. The minimum Gasteiger partial charge on any atom is -0.391 e. The van der Waals surface area contributed by atoms with Gasteiger partial charge in [-0.3, -0.25) is 19.6 Å². The molecule has 3 amide bonds. The summed E-state index contributed by atoms with van der Waals surface area (Å²) in [6.07, 6.45) is -0.424. The molecule has 0 aliphatic carbocycles. The zero-order valence-electron chi connectivity index (χ0n) is 23.4. The van der Waals surface area contributed by atoms with Crippen molar-refractivity contribution in [2.24, 2.45) is 0 Å². The molecule has 0 radical (unpaired) electrons. The van der Waals surface area contributed by atoms with Crippen molar-refractivity contribution < 1.29 is 24.7 Å². The number of aliphatic hydroxyl groups is 1. The van der Waals surface area contributed by atoms with Gasteiger partial charge in [-0.2, -0.15) is 11.3 Å². The van der Waals surface area contributed by atoms with Gasteiger partial charge in [0.15, 0.2) is 0 Å². The highest BCUT2D eigenvalue weighted by Crippen LogP contribution is 2.21. The Morgan fingerprint density at radius 1 is 0.884 bits per heavy atom. The number of carbonyl (C=O) groups excluding carboxylic acids is 3. The zero-order chi connectivity index (χ0) is 30.6. The van der Waals surface area contributed by atoms with E-state index in [2.05, 4.69) is 51.4 Å². The molecule has 4 rings (SSSR count). The van der Waals surface area contributed by atoms with Crippen molar-refractivity contribution in [3.05, 3.63) is 124 Å². The van der Waals surface area contributed by atoms with Crippen LogP contribution in [0.5, 0.6) is 0 Å². The number of benzene rings is 3. The smallest absolute Gasteiger partial charge is 0.268 e. The maximum Gasteiger partial charge on any atom is 0.268 e. The summed E-state index contributed by atoms with van der Waals surface area (Å²) in [7, 11) is 0. The summed E-state index contributed by atoms with van der Waals surface area (Å²) in [4.78, 5) is 36.7. The van der Waals surface area contributed by atoms with Gasteiger partial charge >= 0.3 is 0 Å². The van der Waals surface area contributed by atoms with E-state index >= 15 is 0 Å². The van der Waals surface area contributed by atoms with E-state index in [-0.39, 0.29) is 24.1 Å². The lowest BCUT2D eigenvalue weighted by molar-refractivity contribution is -0.133. The second-order valence-corrected chi connectivity index (χ2v) is 10.6. The molecule has 1 aromatic heterocycles. The van der Waals surface area contributed by atoms with Crippen LogP contribution in [0, 0.1) is 11.8 Å². The summed E-state index contributed by atoms with van der Waals surface area (Å²) in [5.74, 6) is 4.42. The number of carbonyl (C=O) groups is 3. The van der Waals surface area contributed by atoms with Gasteiger partial charge in [0.2, 0.25) is 5.91 Å². The molecule has 4 aromatic rings. The molecule has 0 fully saturated rings. The molecule has 9 nitrogen and oxygen atoms in total. The Hall–Kier alpha value is -4.79. The van der Waals surface area contributed by atoms with Gasteiger partial charge in [0.05, 0.1) is 12.6 Å². The number of nitrogens with one attached hydrogen (secondary N) is 4. The topological polar surface area (TPSA) is 140 Å². The predicted molar refractivity (Wildman–Crippen MR) is 166 cm³/mol. The van der Waals surface area contributed by atoms with Crippen LogP contribution in [0.4, 0.5) is 5.69 Å². The molecule has 0 aliphatic rings. The highest BCUT2D eigenvalue weighted by molar-refractivity contribution is 7.08. The molecule has 0 bridgehead atoms. The molecule has 0 saturated carbocycles. The van der Waals surface area contributed by atoms with E-state index in [9.17, 15) is 19.5 Å². The van der Waals surface area contributed by atoms with E-state index in [0.717, 1.165) is 17.5 Å². The van der Waals surface area contributed by atoms with Gasteiger partial charge < -0.3 is 21.1 Å². The van der Waals surface area contributed by atoms with E-state index < -0.39 is 24.0 Å². The van der Waals surface area contributed by atoms with Crippen molar-refractivity contribution in [1.29, 1.82) is 0 Å². The van der Waals surface area contributed by atoms with Gasteiger partial charge in [0.25, 0.3) is 11.8 Å². The van der Waals surface area contributed by atoms with Crippen LogP contribution in [0.2, 0.25) is 0 Å². The van der Waals surface area contributed by atoms with Crippen LogP contribution in [-0.2, 0) is 16.0 Å². The summed E-state index contributed by atoms with van der Waals surface area (Å²) >= 11 is 1.63. The number of thiophene rings is 1. The van der Waals surface area contributed by atoms with Crippen LogP contribution < -0.4 is 21.4 Å². The first-order valence-corrected chi connectivity index (χ1v) is 14.5. The van der Waals surface area contributed by atoms with E-state index in [0.29, 0.717) is 11.3 Å². The van der Waals surface area contributed by atoms with Gasteiger partial charge in [0, 0.05) is 28.4 Å². The third-order valence-corrected chi connectivity index (χ3v) is 7.27. The van der Waals surface area contributed by atoms with Crippen molar-refractivity contribution in [3.8, 4) is 11.8 Å². The third kappa shape index (κ3) is 9.36. The first-order valence-electron chi connectivity index (χ1n) is 13.6. The minimum absolute atomic E-state index is 0.0226. The van der Waals surface area contributed by atoms with Crippen LogP contribution in [0.1, 0.15) is 45.6 Å². The van der Waals surface area contributed by atoms with Gasteiger partial charge in [-0.25, -0.2) is 5.48 Å². The lowest BCUT2D eigenvalue weighted by atomic mass is 10.0. The highest BCUT2D eigenvalue weighted by Gasteiger charge is 2.25. The van der Waals surface area contributed by atoms with Gasteiger partial charge in [0.1, 0.15) is 6.04 Å². The molecule has 1 heterocycles. The first kappa shape index (κ1) is 31.2. The van der Waals surface area contributed by atoms with Crippen LogP contribution >= 0.6 is 11.3 Å². The normalized spacial score (nSPS) is 12.6. The SMILES string of the molecule is CC(O)C(NC(=O)c1ccc(C#Cc2ccc(NC(=O)CNC(Cc3ccccc3)c3ccsc3)cc2)cc1)C(=O)NO. The fourth-order valence-electron chi connectivity index (χ4n) is 4.24. The number of amides is 3. The number of hydrogen-bond donors (Lipinski definition) is 6. The first-order chi connectivity index (χ1) is 20.8. The lowest BCUT2D eigenvalue weighted by Crippen LogP contribution is -2.51. The van der Waals surface area contributed by atoms with Crippen molar-refractivity contribution in [2.45, 2.75) is 31.5 Å². The monoisotopic (exact) mass is 596 g/mol. The Morgan fingerprint density at radius 2 is 1.53 bits per heavy atom. The highest BCUT2D eigenvalue weighted by atomic mass is 32.1. The molecular weight excluding hydrogens is 564 g/mol. The molecule has 3 aromatic carbocycles. The summed E-state index contributed by atoms with van der Waals surface area (Å²) in [6, 6.07) is 24.6. The Bertz CT molecular complexity index is 1560. The van der Waals surface area contributed by atoms with E-state index in [4.69, 9.17) is 5.21 Å². The molecule has 220 valence electrons. The Balaban J connectivity index is 1.29. The van der Waals surface area contributed by atoms with Crippen molar-refractivity contribution in [1.82, 2.24) is 16.1 Å². The fourth-order valence-corrected chi connectivity index (χ4v) is 4.95. The fraction of sp³-hybridized carbons (Fsp3) is 0.182. The standard InChI is InChI=1S/C33H32N4O5S/c1-22(38)31(33(41)37-42)36-32(40)26-13-9-23(10-14-26)7-8-24-11-15-28(16-12-24)35-30(39)20-34-29(27-17-18-43-21-27)19-25-5-3-2-4-6-25/h2-6,9-18,21-22,29,31,34,38,42H,19-20H2,1H3,(H,35,39)(H,36,40)(H,37,41). The van der Waals surface area contributed by atoms with E-state index in [1.54, 1.807) is 47.7 Å². The van der Waals surface area contributed by atoms with Gasteiger partial charge in [-0.05, 0) is 89.8 Å². The van der Waals surface area contributed by atoms with Crippen molar-refractivity contribution >= 4 is 34.7 Å². The largest absolute Gasteiger partial charge is 0.391 e. The van der Waals surface area contributed by atoms with Crippen LogP contribution in [0.15, 0.2) is 95.7 Å². The van der Waals surface area contributed by atoms with Crippen LogP contribution in [0.25, 0.3) is 0 Å². The minimum atomic E-state index is -1.30. The molecule has 10 heteroatoms. The number of hydroxylamine groups is 1. The van der Waals surface area contributed by atoms with E-state index in [1.807, 2.05) is 35.7 Å². The molecular formula is C33H32N4O5S. The third-order valence-electron chi connectivity index (χ3n) is 6.57. The summed E-state index contributed by atoms with van der Waals surface area (Å²) in [5.41, 5.74) is 6.10. The average Bonchev–Trinajstić information content (AvgIpc) is 3.57. The number of aliphatic hydroxyl groups excluding tert-OH is 1. The molecule has 0 aliphatic heterocycles. The summed E-state index contributed by atoms with van der Waals surface area (Å²) < 4.78 is 0. The number of anilines is 1. The molecule has 43 heavy (non-hydrogen) atoms. The maximum absolute atomic E-state index is 12.7. The summed E-state index contributed by atoms with van der Waals surface area (Å²) in [6.45, 7) is 1.49. The zero-order valence-corrected chi connectivity index (χ0v) is 24.2. The summed E-state index contributed by atoms with van der Waals surface area (Å²) in [5, 5.41) is 31.3. The second-order valence-electron chi connectivity index (χ2n) is 9.80. The van der Waals surface area contributed by atoms with Crippen LogP contribution in [-0.4, -0.2) is 46.7 Å². The molecule has 0 spiro atoms. The Labute approximate surface area is 253 Å². The quantitative estimate of drug-likeness (QED) is 0.0888. The van der Waals surface area contributed by atoms with Gasteiger partial charge in [-0.15, -0.1) is 0 Å². The number of hydrogen-bond acceptors (Lipinski definition) is 7. The lowest BCUT2D eigenvalue weighted by Gasteiger charge is -2.19. The molecule has 3 atom stereocenters. The van der Waals surface area contributed by atoms with Crippen molar-refractivity contribution in [2.75, 3.05) is 11.9 Å². The van der Waals surface area contributed by atoms with Crippen LogP contribution in [0.3, 0.4) is 0 Å². The molecule has 6 N–H and O–H groups in total. The predicted octanol–water partition coefficient (Wildman–Crippen LogP) is 3.64. The molecule has 3 unspecified atom stereocenters. The number of rotatable bonds is 11. The Kier molecular flexibility index (Phi) is 11.2. The average molecular weight is 597 g/mol. The van der Waals surface area contributed by atoms with Gasteiger partial charge in [-0.1, -0.05) is 42.2 Å². The van der Waals surface area contributed by atoms with Crippen molar-refractivity contribution in [3.63, 3.8) is 0 Å².